The molecule has 2 aromatic rings. The Kier molecular flexibility index (Phi) is 8.69. The fraction of sp³-hybridized carbons (Fsp3) is 0.435. The molecule has 0 saturated heterocycles. The highest BCUT2D eigenvalue weighted by Crippen LogP contribution is 2.27. The number of hydrogen-bond acceptors (Lipinski definition) is 2. The van der Waals surface area contributed by atoms with Gasteiger partial charge in [-0.1, -0.05) is 60.8 Å². The smallest absolute Gasteiger partial charge is 0.263 e. The van der Waals surface area contributed by atoms with E-state index in [4.69, 9.17) is 39.5 Å². The van der Waals surface area contributed by atoms with Crippen molar-refractivity contribution in [1.82, 2.24) is 5.32 Å². The molecule has 6 heteroatoms. The van der Waals surface area contributed by atoms with Crippen LogP contribution in [0.2, 0.25) is 15.1 Å². The lowest BCUT2D eigenvalue weighted by molar-refractivity contribution is -0.134. The highest BCUT2D eigenvalue weighted by Gasteiger charge is 2.30. The summed E-state index contributed by atoms with van der Waals surface area (Å²) in [5.74, 6) is 1.14. The molecule has 0 fully saturated rings. The molecule has 3 nitrogen and oxygen atoms in total. The molecule has 0 aliphatic carbocycles. The molecule has 2 atom stereocenters. The predicted molar refractivity (Wildman–Crippen MR) is 122 cm³/mol. The van der Waals surface area contributed by atoms with E-state index in [1.54, 1.807) is 32.0 Å². The van der Waals surface area contributed by atoms with Crippen LogP contribution >= 0.6 is 34.8 Å². The Hall–Kier alpha value is -1.42. The summed E-state index contributed by atoms with van der Waals surface area (Å²) >= 11 is 18.0. The first-order chi connectivity index (χ1) is 13.5. The SMILES string of the molecule is CC(CNC(=O)C(C)(C)Oc1cc(Cl)cc(Cl)c1)CC(C)Cc1ccc(Cl)cc1. The molecule has 1 amide bonds. The van der Waals surface area contributed by atoms with Crippen LogP contribution in [0.5, 0.6) is 5.75 Å². The van der Waals surface area contributed by atoms with Crippen molar-refractivity contribution in [3.8, 4) is 5.75 Å². The first-order valence-electron chi connectivity index (χ1n) is 9.73. The van der Waals surface area contributed by atoms with Gasteiger partial charge in [0, 0.05) is 21.6 Å². The number of ether oxygens (including phenoxy) is 1. The highest BCUT2D eigenvalue weighted by molar-refractivity contribution is 6.34. The molecule has 2 aromatic carbocycles. The van der Waals surface area contributed by atoms with Crippen LogP contribution in [0.3, 0.4) is 0 Å². The van der Waals surface area contributed by atoms with Gasteiger partial charge >= 0.3 is 0 Å². The molecule has 2 rings (SSSR count). The van der Waals surface area contributed by atoms with Crippen molar-refractivity contribution in [1.29, 1.82) is 0 Å². The van der Waals surface area contributed by atoms with Crippen molar-refractivity contribution < 1.29 is 9.53 Å². The van der Waals surface area contributed by atoms with Crippen LogP contribution in [0.4, 0.5) is 0 Å². The number of rotatable bonds is 9. The number of nitrogens with one attached hydrogen (secondary N) is 1. The Labute approximate surface area is 188 Å². The maximum absolute atomic E-state index is 12.6. The second kappa shape index (κ2) is 10.6. The van der Waals surface area contributed by atoms with Gasteiger partial charge in [-0.15, -0.1) is 0 Å². The summed E-state index contributed by atoms with van der Waals surface area (Å²) in [6.45, 7) is 8.41. The van der Waals surface area contributed by atoms with Crippen molar-refractivity contribution in [2.75, 3.05) is 6.54 Å². The Morgan fingerprint density at radius 2 is 1.55 bits per heavy atom. The molecule has 0 spiro atoms. The number of amides is 1. The van der Waals surface area contributed by atoms with E-state index in [2.05, 4.69) is 31.3 Å². The van der Waals surface area contributed by atoms with Gasteiger partial charge in [-0.2, -0.15) is 0 Å². The van der Waals surface area contributed by atoms with Crippen LogP contribution < -0.4 is 10.1 Å². The van der Waals surface area contributed by atoms with Gasteiger partial charge in [0.25, 0.3) is 5.91 Å². The standard InChI is InChI=1S/C23H28Cl3NO2/c1-15(10-17-5-7-18(24)8-6-17)9-16(2)14-27-22(28)23(3,4)29-21-12-19(25)11-20(26)13-21/h5-8,11-13,15-16H,9-10,14H2,1-4H3,(H,27,28). The van der Waals surface area contributed by atoms with Crippen LogP contribution in [-0.2, 0) is 11.2 Å². The average molecular weight is 457 g/mol. The molecule has 0 bridgehead atoms. The summed E-state index contributed by atoms with van der Waals surface area (Å²) < 4.78 is 5.84. The van der Waals surface area contributed by atoms with Crippen molar-refractivity contribution in [3.05, 3.63) is 63.1 Å². The van der Waals surface area contributed by atoms with E-state index >= 15 is 0 Å². The van der Waals surface area contributed by atoms with Crippen molar-refractivity contribution in [2.24, 2.45) is 11.8 Å². The van der Waals surface area contributed by atoms with Crippen LogP contribution in [0.1, 0.15) is 39.7 Å². The van der Waals surface area contributed by atoms with E-state index in [0.717, 1.165) is 17.9 Å². The van der Waals surface area contributed by atoms with Gasteiger partial charge < -0.3 is 10.1 Å². The lowest BCUT2D eigenvalue weighted by Gasteiger charge is -2.27. The van der Waals surface area contributed by atoms with Crippen molar-refractivity contribution in [3.63, 3.8) is 0 Å². The van der Waals surface area contributed by atoms with Gasteiger partial charge in [0.15, 0.2) is 5.60 Å². The van der Waals surface area contributed by atoms with E-state index in [0.29, 0.717) is 34.2 Å². The van der Waals surface area contributed by atoms with Gasteiger partial charge in [0.05, 0.1) is 0 Å². The van der Waals surface area contributed by atoms with E-state index in [9.17, 15) is 4.79 Å². The molecule has 0 radical (unpaired) electrons. The fourth-order valence-corrected chi connectivity index (χ4v) is 3.92. The first kappa shape index (κ1) is 23.9. The molecule has 0 aromatic heterocycles. The number of hydrogen-bond donors (Lipinski definition) is 1. The molecule has 158 valence electrons. The lowest BCUT2D eigenvalue weighted by atomic mass is 9.91. The summed E-state index contributed by atoms with van der Waals surface area (Å²) in [4.78, 5) is 12.6. The maximum Gasteiger partial charge on any atom is 0.263 e. The third-order valence-corrected chi connectivity index (χ3v) is 5.36. The Balaban J connectivity index is 1.82. The van der Waals surface area contributed by atoms with Gasteiger partial charge in [-0.3, -0.25) is 4.79 Å². The van der Waals surface area contributed by atoms with E-state index in [-0.39, 0.29) is 5.91 Å². The average Bonchev–Trinajstić information content (AvgIpc) is 2.60. The summed E-state index contributed by atoms with van der Waals surface area (Å²) in [5, 5.41) is 4.68. The minimum atomic E-state index is -1.04. The van der Waals surface area contributed by atoms with E-state index in [1.807, 2.05) is 12.1 Å². The van der Waals surface area contributed by atoms with Crippen molar-refractivity contribution in [2.45, 2.75) is 46.1 Å². The summed E-state index contributed by atoms with van der Waals surface area (Å²) in [6.07, 6.45) is 1.99. The fourth-order valence-electron chi connectivity index (χ4n) is 3.28. The molecular formula is C23H28Cl3NO2. The van der Waals surface area contributed by atoms with Crippen LogP contribution in [0, 0.1) is 11.8 Å². The summed E-state index contributed by atoms with van der Waals surface area (Å²) in [7, 11) is 0. The zero-order valence-electron chi connectivity index (χ0n) is 17.3. The topological polar surface area (TPSA) is 38.3 Å². The lowest BCUT2D eigenvalue weighted by Crippen LogP contribution is -2.47. The first-order valence-corrected chi connectivity index (χ1v) is 10.9. The zero-order valence-corrected chi connectivity index (χ0v) is 19.5. The number of carbonyl (C=O) groups excluding carboxylic acids is 1. The third-order valence-electron chi connectivity index (χ3n) is 4.67. The van der Waals surface area contributed by atoms with Gasteiger partial charge in [0.2, 0.25) is 0 Å². The third kappa shape index (κ3) is 8.08. The Morgan fingerprint density at radius 1 is 0.966 bits per heavy atom. The summed E-state index contributed by atoms with van der Waals surface area (Å²) in [5.41, 5.74) is 0.232. The highest BCUT2D eigenvalue weighted by atomic mass is 35.5. The van der Waals surface area contributed by atoms with Gasteiger partial charge in [-0.25, -0.2) is 0 Å². The second-order valence-electron chi connectivity index (χ2n) is 8.20. The number of halogens is 3. The molecule has 1 N–H and O–H groups in total. The normalized spacial score (nSPS) is 13.6. The molecule has 0 heterocycles. The number of benzene rings is 2. The van der Waals surface area contributed by atoms with Gasteiger partial charge in [-0.05, 0) is 74.4 Å². The summed E-state index contributed by atoms with van der Waals surface area (Å²) in [6, 6.07) is 12.9. The minimum Gasteiger partial charge on any atom is -0.478 e. The predicted octanol–water partition coefficient (Wildman–Crippen LogP) is 6.83. The molecule has 0 aliphatic rings. The number of carbonyl (C=O) groups is 1. The van der Waals surface area contributed by atoms with Gasteiger partial charge in [0.1, 0.15) is 5.75 Å². The quantitative estimate of drug-likeness (QED) is 0.449. The van der Waals surface area contributed by atoms with Crippen LogP contribution in [0.15, 0.2) is 42.5 Å². The minimum absolute atomic E-state index is 0.175. The largest absolute Gasteiger partial charge is 0.478 e. The molecule has 0 saturated carbocycles. The van der Waals surface area contributed by atoms with E-state index < -0.39 is 5.60 Å². The molecular weight excluding hydrogens is 429 g/mol. The van der Waals surface area contributed by atoms with Crippen LogP contribution in [0.25, 0.3) is 0 Å². The Bertz CT molecular complexity index is 801. The maximum atomic E-state index is 12.6. The monoisotopic (exact) mass is 455 g/mol. The molecule has 29 heavy (non-hydrogen) atoms. The van der Waals surface area contributed by atoms with Crippen molar-refractivity contribution >= 4 is 40.7 Å². The second-order valence-corrected chi connectivity index (χ2v) is 9.51. The van der Waals surface area contributed by atoms with Crippen LogP contribution in [-0.4, -0.2) is 18.1 Å². The molecule has 0 aliphatic heterocycles. The zero-order chi connectivity index (χ0) is 21.6. The Morgan fingerprint density at radius 3 is 2.14 bits per heavy atom. The van der Waals surface area contributed by atoms with E-state index in [1.165, 1.54) is 5.56 Å². The molecule has 2 unspecified atom stereocenters.